The zero-order valence-corrected chi connectivity index (χ0v) is 24.6. The molecule has 4 aromatic rings. The van der Waals surface area contributed by atoms with Crippen molar-refractivity contribution in [3.8, 4) is 17.0 Å². The Morgan fingerprint density at radius 2 is 1.80 bits per heavy atom. The number of carboxylic acids is 1. The third-order valence-corrected chi connectivity index (χ3v) is 10.4. The lowest BCUT2D eigenvalue weighted by Crippen LogP contribution is -2.49. The number of alkyl halides is 3. The molecular weight excluding hydrogens is 593 g/mol. The number of nitrogens with zero attached hydrogens (tertiary/aromatic N) is 3. The minimum absolute atomic E-state index is 0.218. The van der Waals surface area contributed by atoms with Crippen LogP contribution in [0.2, 0.25) is 0 Å². The molecule has 2 saturated carbocycles. The largest absolute Gasteiger partial charge is 0.573 e. The number of ether oxygens (including phenoxy) is 1. The van der Waals surface area contributed by atoms with E-state index in [1.54, 1.807) is 35.6 Å². The molecule has 2 aliphatic heterocycles. The number of carboxylic acid groups (broad SMARTS) is 1. The van der Waals surface area contributed by atoms with Crippen molar-refractivity contribution < 1.29 is 32.3 Å². The minimum atomic E-state index is -4.81. The summed E-state index contributed by atoms with van der Waals surface area (Å²) in [7, 11) is 0. The molecule has 2 aliphatic carbocycles. The monoisotopic (exact) mass is 624 g/mol. The number of para-hydroxylation sites is 1. The highest BCUT2D eigenvalue weighted by atomic mass is 32.1. The van der Waals surface area contributed by atoms with Crippen molar-refractivity contribution in [1.29, 1.82) is 0 Å². The third-order valence-electron chi connectivity index (χ3n) is 9.43. The van der Waals surface area contributed by atoms with Gasteiger partial charge in [-0.2, -0.15) is 0 Å². The lowest BCUT2D eigenvalue weighted by Gasteiger charge is -2.39. The molecule has 2 N–H and O–H groups in total. The fraction of sp³-hybridized carbons (Fsp3) is 0.469. The maximum absolute atomic E-state index is 13.2. The van der Waals surface area contributed by atoms with Crippen LogP contribution in [0.25, 0.3) is 21.5 Å². The van der Waals surface area contributed by atoms with Gasteiger partial charge in [0.2, 0.25) is 0 Å². The van der Waals surface area contributed by atoms with Crippen molar-refractivity contribution in [1.82, 2.24) is 15.5 Å². The molecule has 230 valence electrons. The van der Waals surface area contributed by atoms with Crippen LogP contribution in [0.15, 0.2) is 40.9 Å². The Kier molecular flexibility index (Phi) is 6.64. The highest BCUT2D eigenvalue weighted by Crippen LogP contribution is 2.48. The second kappa shape index (κ2) is 10.5. The summed E-state index contributed by atoms with van der Waals surface area (Å²) < 4.78 is 50.5. The minimum Gasteiger partial charge on any atom is -0.478 e. The lowest BCUT2D eigenvalue weighted by molar-refractivity contribution is -0.274. The van der Waals surface area contributed by atoms with E-state index in [1.165, 1.54) is 12.1 Å². The van der Waals surface area contributed by atoms with Crippen LogP contribution in [0.3, 0.4) is 0 Å². The van der Waals surface area contributed by atoms with Gasteiger partial charge in [0.1, 0.15) is 17.2 Å². The molecule has 8 rings (SSSR count). The predicted octanol–water partition coefficient (Wildman–Crippen LogP) is 7.59. The van der Waals surface area contributed by atoms with Crippen molar-refractivity contribution >= 4 is 32.7 Å². The molecular formula is C32H31F3N4O4S. The molecule has 12 heteroatoms. The normalized spacial score (nSPS) is 23.4. The van der Waals surface area contributed by atoms with Crippen LogP contribution < -0.4 is 15.0 Å². The number of hydrogen-bond acceptors (Lipinski definition) is 8. The quantitative estimate of drug-likeness (QED) is 0.197. The summed E-state index contributed by atoms with van der Waals surface area (Å²) in [5.74, 6) is 0.180. The molecule has 8 nitrogen and oxygen atoms in total. The Labute approximate surface area is 255 Å². The second-order valence-electron chi connectivity index (χ2n) is 12.5. The highest BCUT2D eigenvalue weighted by Gasteiger charge is 2.43. The summed E-state index contributed by atoms with van der Waals surface area (Å²) in [4.78, 5) is 19.3. The van der Waals surface area contributed by atoms with Gasteiger partial charge in [-0.3, -0.25) is 0 Å². The number of halogens is 3. The van der Waals surface area contributed by atoms with E-state index in [4.69, 9.17) is 9.51 Å². The van der Waals surface area contributed by atoms with Crippen molar-refractivity contribution in [2.75, 3.05) is 4.90 Å². The SMILES string of the molecule is O=C(O)c1cc(C2CC2)c2nc(N3C4CCC3CC(NCc3c(-c5ccccc5OC(F)(F)F)noc3C3CC3)C4)sc2c1. The third kappa shape index (κ3) is 5.21. The Hall–Kier alpha value is -3.64. The Balaban J connectivity index is 1.02. The van der Waals surface area contributed by atoms with Gasteiger partial charge in [-0.1, -0.05) is 28.6 Å². The molecule has 2 aromatic heterocycles. The Morgan fingerprint density at radius 1 is 1.07 bits per heavy atom. The number of aromatic nitrogens is 2. The molecule has 2 atom stereocenters. The standard InChI is InChI=1S/C32H31F3N4O4S/c33-32(34,35)42-25-4-2-1-3-22(25)27-24(29(43-38-27)17-7-8-17)15-36-19-13-20-9-10-21(14-19)39(20)31-37-28-23(16-5-6-16)11-18(30(40)41)12-26(28)44-31/h1-4,11-12,16-17,19-21,36H,5-10,13-15H2,(H,40,41). The Morgan fingerprint density at radius 3 is 2.48 bits per heavy atom. The smallest absolute Gasteiger partial charge is 0.478 e. The van der Waals surface area contributed by atoms with Crippen LogP contribution in [0.4, 0.5) is 18.3 Å². The number of nitrogens with one attached hydrogen (secondary N) is 1. The number of rotatable bonds is 9. The maximum atomic E-state index is 13.2. The first-order valence-electron chi connectivity index (χ1n) is 15.2. The van der Waals surface area contributed by atoms with Gasteiger partial charge in [-0.15, -0.1) is 13.2 Å². The molecule has 0 amide bonds. The lowest BCUT2D eigenvalue weighted by atomic mass is 9.97. The molecule has 0 radical (unpaired) electrons. The summed E-state index contributed by atoms with van der Waals surface area (Å²) in [5.41, 5.74) is 3.78. The van der Waals surface area contributed by atoms with Gasteiger partial charge in [0, 0.05) is 41.7 Å². The number of hydrogen-bond donors (Lipinski definition) is 2. The molecule has 2 aromatic carbocycles. The molecule has 4 fully saturated rings. The van der Waals surface area contributed by atoms with Crippen LogP contribution in [0.1, 0.15) is 90.4 Å². The summed E-state index contributed by atoms with van der Waals surface area (Å²) in [6, 6.07) is 10.5. The number of aromatic carboxylic acids is 1. The van der Waals surface area contributed by atoms with Crippen molar-refractivity contribution in [2.45, 2.75) is 94.2 Å². The van der Waals surface area contributed by atoms with E-state index in [-0.39, 0.29) is 23.3 Å². The van der Waals surface area contributed by atoms with Gasteiger partial charge in [0.25, 0.3) is 0 Å². The maximum Gasteiger partial charge on any atom is 0.573 e. The summed E-state index contributed by atoms with van der Waals surface area (Å²) in [5, 5.41) is 18.6. The number of fused-ring (bicyclic) bond motifs is 3. The van der Waals surface area contributed by atoms with Gasteiger partial charge in [-0.25, -0.2) is 9.78 Å². The highest BCUT2D eigenvalue weighted by molar-refractivity contribution is 7.22. The molecule has 2 saturated heterocycles. The summed E-state index contributed by atoms with van der Waals surface area (Å²) in [6.45, 7) is 0.443. The first kappa shape index (κ1) is 27.9. The van der Waals surface area contributed by atoms with E-state index >= 15 is 0 Å². The van der Waals surface area contributed by atoms with Crippen molar-refractivity contribution in [3.05, 3.63) is 58.8 Å². The molecule has 4 heterocycles. The number of piperidine rings is 1. The van der Waals surface area contributed by atoms with Crippen LogP contribution in [-0.4, -0.2) is 45.7 Å². The summed E-state index contributed by atoms with van der Waals surface area (Å²) >= 11 is 1.59. The predicted molar refractivity (Wildman–Crippen MR) is 158 cm³/mol. The molecule has 44 heavy (non-hydrogen) atoms. The van der Waals surface area contributed by atoms with Crippen LogP contribution in [0, 0.1) is 0 Å². The first-order valence-corrected chi connectivity index (χ1v) is 16.1. The van der Waals surface area contributed by atoms with Crippen LogP contribution in [0.5, 0.6) is 5.75 Å². The molecule has 2 bridgehead atoms. The zero-order chi connectivity index (χ0) is 30.2. The van der Waals surface area contributed by atoms with E-state index in [1.807, 2.05) is 0 Å². The first-order chi connectivity index (χ1) is 21.2. The molecule has 0 spiro atoms. The van der Waals surface area contributed by atoms with E-state index in [9.17, 15) is 23.1 Å². The van der Waals surface area contributed by atoms with E-state index in [2.05, 4.69) is 20.1 Å². The summed E-state index contributed by atoms with van der Waals surface area (Å²) in [6.07, 6.45) is 3.23. The number of thiazole rings is 1. The number of anilines is 1. The average molecular weight is 625 g/mol. The van der Waals surface area contributed by atoms with Gasteiger partial charge < -0.3 is 24.6 Å². The topological polar surface area (TPSA) is 101 Å². The van der Waals surface area contributed by atoms with Gasteiger partial charge >= 0.3 is 12.3 Å². The van der Waals surface area contributed by atoms with E-state index < -0.39 is 12.3 Å². The number of benzene rings is 2. The molecule has 4 aliphatic rings. The van der Waals surface area contributed by atoms with Crippen LogP contribution in [-0.2, 0) is 6.54 Å². The second-order valence-corrected chi connectivity index (χ2v) is 13.5. The van der Waals surface area contributed by atoms with Crippen molar-refractivity contribution in [3.63, 3.8) is 0 Å². The average Bonchev–Trinajstić information content (AvgIpc) is 3.90. The fourth-order valence-corrected chi connectivity index (χ4v) is 8.32. The van der Waals surface area contributed by atoms with E-state index in [0.717, 1.165) is 83.6 Å². The number of carbonyl (C=O) groups is 1. The van der Waals surface area contributed by atoms with Gasteiger partial charge in [0.05, 0.1) is 15.8 Å². The molecule has 2 unspecified atom stereocenters. The van der Waals surface area contributed by atoms with Crippen molar-refractivity contribution in [2.24, 2.45) is 0 Å². The van der Waals surface area contributed by atoms with E-state index in [0.29, 0.717) is 35.8 Å². The van der Waals surface area contributed by atoms with Gasteiger partial charge in [0.15, 0.2) is 5.13 Å². The fourth-order valence-electron chi connectivity index (χ4n) is 7.13. The van der Waals surface area contributed by atoms with Gasteiger partial charge in [-0.05, 0) is 87.1 Å². The zero-order valence-electron chi connectivity index (χ0n) is 23.8. The Bertz CT molecular complexity index is 1730. The van der Waals surface area contributed by atoms with Crippen LogP contribution >= 0.6 is 11.3 Å².